The van der Waals surface area contributed by atoms with Crippen molar-refractivity contribution in [1.29, 1.82) is 0 Å². The highest BCUT2D eigenvalue weighted by molar-refractivity contribution is 7.09. The Morgan fingerprint density at radius 2 is 2.10 bits per heavy atom. The number of rotatable bonds is 6. The van der Waals surface area contributed by atoms with Crippen LogP contribution in [-0.4, -0.2) is 47.4 Å². The van der Waals surface area contributed by atoms with Crippen LogP contribution < -0.4 is 10.6 Å². The molecule has 4 amide bonds. The molecule has 158 valence electrons. The molecule has 1 saturated carbocycles. The number of nitrogens with one attached hydrogen (secondary N) is 2. The molecule has 1 aliphatic heterocycles. The lowest BCUT2D eigenvalue weighted by Crippen LogP contribution is -2.54. The standard InChI is InChI=1S/C20H27N3O5S/c1-13-7-19(2,3)12-20(8-13)17(26)23(18(27)22-20)10-16(25)28-11-15(24)21-9-14-5-4-6-29-14/h4-6,13H,7-12H2,1-3H3,(H,21,24)(H,22,27)/t13-,20+/m1/s1. The van der Waals surface area contributed by atoms with E-state index in [1.807, 2.05) is 17.5 Å². The number of hydrogen-bond donors (Lipinski definition) is 2. The van der Waals surface area contributed by atoms with Crippen LogP contribution in [0.4, 0.5) is 4.79 Å². The summed E-state index contributed by atoms with van der Waals surface area (Å²) in [5, 5.41) is 7.36. The van der Waals surface area contributed by atoms with E-state index < -0.39 is 36.6 Å². The van der Waals surface area contributed by atoms with Crippen LogP contribution in [0.5, 0.6) is 0 Å². The van der Waals surface area contributed by atoms with Crippen molar-refractivity contribution in [1.82, 2.24) is 15.5 Å². The van der Waals surface area contributed by atoms with Gasteiger partial charge in [-0.1, -0.05) is 26.8 Å². The fourth-order valence-corrected chi connectivity index (χ4v) is 5.26. The molecular weight excluding hydrogens is 394 g/mol. The van der Waals surface area contributed by atoms with Gasteiger partial charge in [0.2, 0.25) is 0 Å². The Kier molecular flexibility index (Phi) is 5.97. The average molecular weight is 422 g/mol. The van der Waals surface area contributed by atoms with Gasteiger partial charge in [-0.2, -0.15) is 0 Å². The summed E-state index contributed by atoms with van der Waals surface area (Å²) in [6, 6.07) is 3.18. The molecule has 0 unspecified atom stereocenters. The van der Waals surface area contributed by atoms with Crippen molar-refractivity contribution in [2.24, 2.45) is 11.3 Å². The summed E-state index contributed by atoms with van der Waals surface area (Å²) in [5.41, 5.74) is -1.05. The van der Waals surface area contributed by atoms with Crippen LogP contribution in [0.1, 0.15) is 44.9 Å². The highest BCUT2D eigenvalue weighted by atomic mass is 32.1. The van der Waals surface area contributed by atoms with Gasteiger partial charge in [0, 0.05) is 4.88 Å². The summed E-state index contributed by atoms with van der Waals surface area (Å²) < 4.78 is 4.95. The largest absolute Gasteiger partial charge is 0.454 e. The van der Waals surface area contributed by atoms with Gasteiger partial charge >= 0.3 is 12.0 Å². The summed E-state index contributed by atoms with van der Waals surface area (Å²) in [4.78, 5) is 51.2. The van der Waals surface area contributed by atoms with Gasteiger partial charge in [-0.15, -0.1) is 11.3 Å². The molecule has 29 heavy (non-hydrogen) atoms. The highest BCUT2D eigenvalue weighted by Gasteiger charge is 2.56. The Morgan fingerprint density at radius 3 is 2.76 bits per heavy atom. The predicted molar refractivity (Wildman–Crippen MR) is 107 cm³/mol. The maximum atomic E-state index is 13.0. The molecule has 0 aromatic carbocycles. The Bertz CT molecular complexity index is 807. The number of imide groups is 1. The molecule has 0 radical (unpaired) electrons. The van der Waals surface area contributed by atoms with Crippen LogP contribution >= 0.6 is 11.3 Å². The molecule has 2 heterocycles. The molecule has 2 atom stereocenters. The van der Waals surface area contributed by atoms with E-state index in [1.54, 1.807) is 0 Å². The third kappa shape index (κ3) is 4.95. The molecule has 1 aromatic heterocycles. The first-order valence-corrected chi connectivity index (χ1v) is 10.6. The topological polar surface area (TPSA) is 105 Å². The number of amides is 4. The second kappa shape index (κ2) is 8.14. The monoisotopic (exact) mass is 421 g/mol. The van der Waals surface area contributed by atoms with Crippen LogP contribution in [-0.2, 0) is 25.7 Å². The summed E-state index contributed by atoms with van der Waals surface area (Å²) in [7, 11) is 0. The lowest BCUT2D eigenvalue weighted by Gasteiger charge is -2.43. The van der Waals surface area contributed by atoms with E-state index in [9.17, 15) is 19.2 Å². The molecule has 1 saturated heterocycles. The number of hydrogen-bond acceptors (Lipinski definition) is 6. The Balaban J connectivity index is 1.52. The third-order valence-corrected chi connectivity index (χ3v) is 6.19. The maximum Gasteiger partial charge on any atom is 0.326 e. The number of urea groups is 1. The van der Waals surface area contributed by atoms with Crippen molar-refractivity contribution in [3.8, 4) is 0 Å². The molecule has 0 bridgehead atoms. The van der Waals surface area contributed by atoms with Gasteiger partial charge in [0.15, 0.2) is 6.61 Å². The number of thiophene rings is 1. The lowest BCUT2D eigenvalue weighted by molar-refractivity contribution is -0.151. The minimum Gasteiger partial charge on any atom is -0.454 e. The summed E-state index contributed by atoms with van der Waals surface area (Å²) in [6.45, 7) is 5.62. The molecular formula is C20H27N3O5S. The molecule has 2 fully saturated rings. The minimum absolute atomic E-state index is 0.0855. The number of nitrogens with zero attached hydrogens (tertiary/aromatic N) is 1. The fourth-order valence-electron chi connectivity index (χ4n) is 4.62. The smallest absolute Gasteiger partial charge is 0.326 e. The van der Waals surface area contributed by atoms with E-state index in [-0.39, 0.29) is 17.2 Å². The van der Waals surface area contributed by atoms with Crippen LogP contribution in [0.25, 0.3) is 0 Å². The molecule has 8 nitrogen and oxygen atoms in total. The number of carbonyl (C=O) groups excluding carboxylic acids is 4. The van der Waals surface area contributed by atoms with Crippen molar-refractivity contribution in [3.63, 3.8) is 0 Å². The molecule has 1 aromatic rings. The van der Waals surface area contributed by atoms with E-state index >= 15 is 0 Å². The van der Waals surface area contributed by atoms with Crippen molar-refractivity contribution in [2.75, 3.05) is 13.2 Å². The van der Waals surface area contributed by atoms with Crippen molar-refractivity contribution in [3.05, 3.63) is 22.4 Å². The normalized spacial score (nSPS) is 25.8. The third-order valence-electron chi connectivity index (χ3n) is 5.32. The quantitative estimate of drug-likeness (QED) is 0.540. The van der Waals surface area contributed by atoms with Gasteiger partial charge in [0.25, 0.3) is 11.8 Å². The first-order valence-electron chi connectivity index (χ1n) is 9.69. The predicted octanol–water partition coefficient (Wildman–Crippen LogP) is 2.04. The molecule has 3 rings (SSSR count). The van der Waals surface area contributed by atoms with Crippen molar-refractivity contribution < 1.29 is 23.9 Å². The van der Waals surface area contributed by atoms with Gasteiger partial charge in [0.1, 0.15) is 12.1 Å². The SMILES string of the molecule is C[C@@H]1CC(C)(C)C[C@]2(C1)NC(=O)N(CC(=O)OCC(=O)NCc1cccs1)C2=O. The number of carbonyl (C=O) groups is 4. The van der Waals surface area contributed by atoms with Crippen LogP contribution in [0.3, 0.4) is 0 Å². The molecule has 1 spiro atoms. The van der Waals surface area contributed by atoms with Gasteiger partial charge in [-0.05, 0) is 42.0 Å². The highest BCUT2D eigenvalue weighted by Crippen LogP contribution is 2.46. The second-order valence-corrected chi connectivity index (χ2v) is 9.81. The minimum atomic E-state index is -0.962. The van der Waals surface area contributed by atoms with Gasteiger partial charge in [-0.25, -0.2) is 4.79 Å². The average Bonchev–Trinajstić information content (AvgIpc) is 3.19. The Labute approximate surface area is 174 Å². The van der Waals surface area contributed by atoms with Crippen LogP contribution in [0.2, 0.25) is 0 Å². The van der Waals surface area contributed by atoms with E-state index in [1.165, 1.54) is 11.3 Å². The Morgan fingerprint density at radius 1 is 1.34 bits per heavy atom. The van der Waals surface area contributed by atoms with Gasteiger partial charge in [0.05, 0.1) is 6.54 Å². The summed E-state index contributed by atoms with van der Waals surface area (Å²) >= 11 is 1.51. The fraction of sp³-hybridized carbons (Fsp3) is 0.600. The van der Waals surface area contributed by atoms with Gasteiger partial charge in [-0.3, -0.25) is 19.3 Å². The first kappa shape index (κ1) is 21.3. The number of esters is 1. The molecule has 2 N–H and O–H groups in total. The van der Waals surface area contributed by atoms with Crippen LogP contribution in [0, 0.1) is 11.3 Å². The first-order chi connectivity index (χ1) is 13.6. The summed E-state index contributed by atoms with van der Waals surface area (Å²) in [6.07, 6.45) is 2.06. The zero-order valence-electron chi connectivity index (χ0n) is 16.9. The lowest BCUT2D eigenvalue weighted by atomic mass is 9.64. The zero-order chi connectivity index (χ0) is 21.2. The number of ether oxygens (including phenoxy) is 1. The molecule has 2 aliphatic rings. The zero-order valence-corrected chi connectivity index (χ0v) is 17.8. The van der Waals surface area contributed by atoms with Crippen molar-refractivity contribution >= 4 is 35.2 Å². The molecule has 9 heteroatoms. The second-order valence-electron chi connectivity index (χ2n) is 8.77. The summed E-state index contributed by atoms with van der Waals surface area (Å²) in [5.74, 6) is -1.34. The van der Waals surface area contributed by atoms with E-state index in [4.69, 9.17) is 4.74 Å². The van der Waals surface area contributed by atoms with E-state index in [0.29, 0.717) is 19.4 Å². The maximum absolute atomic E-state index is 13.0. The van der Waals surface area contributed by atoms with Crippen molar-refractivity contribution in [2.45, 2.75) is 52.1 Å². The van der Waals surface area contributed by atoms with Gasteiger partial charge < -0.3 is 15.4 Å². The Hall–Kier alpha value is -2.42. The van der Waals surface area contributed by atoms with E-state index in [0.717, 1.165) is 16.2 Å². The van der Waals surface area contributed by atoms with E-state index in [2.05, 4.69) is 31.4 Å². The molecule has 1 aliphatic carbocycles. The van der Waals surface area contributed by atoms with Crippen LogP contribution in [0.15, 0.2) is 17.5 Å².